The topological polar surface area (TPSA) is 83.8 Å². The first-order valence-electron chi connectivity index (χ1n) is 6.57. The van der Waals surface area contributed by atoms with Gasteiger partial charge in [0.05, 0.1) is 21.1 Å². The number of likely N-dealkylation sites (N-methyl/N-ethyl adjacent to an activating group) is 1. The zero-order valence-corrected chi connectivity index (χ0v) is 13.2. The summed E-state index contributed by atoms with van der Waals surface area (Å²) in [6.45, 7) is 2.56. The van der Waals surface area contributed by atoms with Gasteiger partial charge in [0.2, 0.25) is 0 Å². The number of carboxylic acid groups (broad SMARTS) is 2. The minimum absolute atomic E-state index is 0.222. The number of carboxylic acids is 1. The Morgan fingerprint density at radius 2 is 1.29 bits per heavy atom. The Morgan fingerprint density at radius 1 is 0.952 bits per heavy atom. The van der Waals surface area contributed by atoms with Crippen LogP contribution in [0, 0.1) is 0 Å². The number of quaternary nitrogens is 1. The Labute approximate surface area is 126 Å². The van der Waals surface area contributed by atoms with Crippen molar-refractivity contribution in [2.24, 2.45) is 0 Å². The smallest absolute Gasteiger partial charge is 0.481 e. The first-order valence-corrected chi connectivity index (χ1v) is 6.57. The minimum Gasteiger partial charge on any atom is -0.481 e. The standard InChI is InChI=1S/C6H13NO3.C6H6.C3H6O2/c1-7(2,3)4-5-10-6(8)9;1-2-4-6-5-3-1;1-2-3(4)5/h4-5H2,1-3H3;1-6H;2H2,1H3,(H,4,5)/p+1. The number of hydrogen-bond acceptors (Lipinski definition) is 3. The number of benzene rings is 1. The van der Waals surface area contributed by atoms with E-state index in [9.17, 15) is 9.59 Å². The first-order chi connectivity index (χ1) is 9.69. The van der Waals surface area contributed by atoms with Crippen molar-refractivity contribution in [2.75, 3.05) is 34.3 Å². The maximum Gasteiger partial charge on any atom is 0.505 e. The molecule has 1 aromatic carbocycles. The average molecular weight is 300 g/mol. The lowest BCUT2D eigenvalue weighted by molar-refractivity contribution is -0.870. The van der Waals surface area contributed by atoms with E-state index < -0.39 is 12.1 Å². The summed E-state index contributed by atoms with van der Waals surface area (Å²) < 4.78 is 5.03. The maximum absolute atomic E-state index is 9.86. The molecule has 0 bridgehead atoms. The molecule has 6 nitrogen and oxygen atoms in total. The van der Waals surface area contributed by atoms with E-state index in [1.807, 2.05) is 57.5 Å². The second-order valence-corrected chi connectivity index (χ2v) is 5.03. The van der Waals surface area contributed by atoms with Crippen LogP contribution in [-0.4, -0.2) is 61.1 Å². The molecule has 1 aromatic rings. The number of nitrogens with zero attached hydrogens (tertiary/aromatic N) is 1. The average Bonchev–Trinajstić information content (AvgIpc) is 2.40. The van der Waals surface area contributed by atoms with E-state index in [4.69, 9.17) is 10.2 Å². The molecule has 0 fully saturated rings. The lowest BCUT2D eigenvalue weighted by atomic mass is 10.4. The number of carbonyl (C=O) groups is 2. The molecule has 2 N–H and O–H groups in total. The lowest BCUT2D eigenvalue weighted by Gasteiger charge is -2.22. The highest BCUT2D eigenvalue weighted by Gasteiger charge is 2.07. The van der Waals surface area contributed by atoms with Gasteiger partial charge in [-0.05, 0) is 0 Å². The highest BCUT2D eigenvalue weighted by atomic mass is 16.7. The van der Waals surface area contributed by atoms with Gasteiger partial charge in [-0.25, -0.2) is 4.79 Å². The van der Waals surface area contributed by atoms with Crippen molar-refractivity contribution in [1.29, 1.82) is 0 Å². The zero-order chi connectivity index (χ0) is 16.7. The van der Waals surface area contributed by atoms with E-state index in [-0.39, 0.29) is 13.0 Å². The molecular formula is C15H26NO5+. The molecule has 0 unspecified atom stereocenters. The Hall–Kier alpha value is -2.08. The zero-order valence-electron chi connectivity index (χ0n) is 13.2. The van der Waals surface area contributed by atoms with Crippen molar-refractivity contribution in [2.45, 2.75) is 13.3 Å². The van der Waals surface area contributed by atoms with Gasteiger partial charge in [0.25, 0.3) is 0 Å². The van der Waals surface area contributed by atoms with E-state index in [1.165, 1.54) is 0 Å². The summed E-state index contributed by atoms with van der Waals surface area (Å²) in [6.07, 6.45) is -0.978. The number of rotatable bonds is 4. The van der Waals surface area contributed by atoms with Crippen LogP contribution in [0.1, 0.15) is 13.3 Å². The molecule has 120 valence electrons. The summed E-state index contributed by atoms with van der Waals surface area (Å²) in [5, 5.41) is 15.8. The van der Waals surface area contributed by atoms with Gasteiger partial charge in [-0.3, -0.25) is 4.79 Å². The summed E-state index contributed by atoms with van der Waals surface area (Å²) in [4.78, 5) is 19.2. The molecule has 6 heteroatoms. The highest BCUT2D eigenvalue weighted by Crippen LogP contribution is 1.89. The van der Waals surface area contributed by atoms with E-state index in [0.29, 0.717) is 11.0 Å². The van der Waals surface area contributed by atoms with E-state index >= 15 is 0 Å². The van der Waals surface area contributed by atoms with Gasteiger partial charge in [0, 0.05) is 6.42 Å². The van der Waals surface area contributed by atoms with Gasteiger partial charge >= 0.3 is 12.1 Å². The monoisotopic (exact) mass is 300 g/mol. The van der Waals surface area contributed by atoms with E-state index in [0.717, 1.165) is 0 Å². The largest absolute Gasteiger partial charge is 0.505 e. The molecule has 0 amide bonds. The van der Waals surface area contributed by atoms with Gasteiger partial charge in [0.1, 0.15) is 13.2 Å². The summed E-state index contributed by atoms with van der Waals surface area (Å²) >= 11 is 0. The lowest BCUT2D eigenvalue weighted by Crippen LogP contribution is -2.37. The Balaban J connectivity index is 0. The third-order valence-electron chi connectivity index (χ3n) is 1.96. The molecule has 0 saturated carbocycles. The van der Waals surface area contributed by atoms with Crippen molar-refractivity contribution in [3.05, 3.63) is 36.4 Å². The van der Waals surface area contributed by atoms with Gasteiger partial charge in [-0.2, -0.15) is 0 Å². The fourth-order valence-corrected chi connectivity index (χ4v) is 0.792. The summed E-state index contributed by atoms with van der Waals surface area (Å²) in [5.41, 5.74) is 0. The molecule has 21 heavy (non-hydrogen) atoms. The van der Waals surface area contributed by atoms with Gasteiger partial charge in [-0.1, -0.05) is 43.3 Å². The molecule has 0 aliphatic rings. The van der Waals surface area contributed by atoms with Crippen molar-refractivity contribution >= 4 is 12.1 Å². The predicted octanol–water partition coefficient (Wildman–Crippen LogP) is 2.55. The van der Waals surface area contributed by atoms with Crippen LogP contribution in [0.2, 0.25) is 0 Å². The second-order valence-electron chi connectivity index (χ2n) is 5.03. The molecule has 0 aliphatic carbocycles. The number of hydrogen-bond donors (Lipinski definition) is 2. The van der Waals surface area contributed by atoms with Crippen LogP contribution in [0.15, 0.2) is 36.4 Å². The molecule has 1 rings (SSSR count). The fourth-order valence-electron chi connectivity index (χ4n) is 0.792. The second kappa shape index (κ2) is 12.9. The van der Waals surface area contributed by atoms with Crippen LogP contribution in [0.3, 0.4) is 0 Å². The third-order valence-corrected chi connectivity index (χ3v) is 1.96. The van der Waals surface area contributed by atoms with Crippen LogP contribution >= 0.6 is 0 Å². The molecule has 0 saturated heterocycles. The van der Waals surface area contributed by atoms with E-state index in [2.05, 4.69) is 4.74 Å². The third kappa shape index (κ3) is 27.2. The van der Waals surface area contributed by atoms with Crippen molar-refractivity contribution in [3.63, 3.8) is 0 Å². The van der Waals surface area contributed by atoms with Gasteiger partial charge in [-0.15, -0.1) is 0 Å². The summed E-state index contributed by atoms with van der Waals surface area (Å²) in [6, 6.07) is 12.0. The molecule has 0 spiro atoms. The van der Waals surface area contributed by atoms with Crippen LogP contribution in [0.25, 0.3) is 0 Å². The normalized spacial score (nSPS) is 9.33. The summed E-state index contributed by atoms with van der Waals surface area (Å²) in [5.74, 6) is -0.745. The van der Waals surface area contributed by atoms with E-state index in [1.54, 1.807) is 6.92 Å². The Kier molecular flexibility index (Phi) is 13.1. The summed E-state index contributed by atoms with van der Waals surface area (Å²) in [7, 11) is 5.93. The molecule has 0 atom stereocenters. The fraction of sp³-hybridized carbons (Fsp3) is 0.467. The van der Waals surface area contributed by atoms with Crippen molar-refractivity contribution < 1.29 is 29.0 Å². The molecular weight excluding hydrogens is 274 g/mol. The SMILES string of the molecule is CCC(=O)O.C[N+](C)(C)CCOC(=O)O.c1ccccc1. The van der Waals surface area contributed by atoms with Crippen molar-refractivity contribution in [3.8, 4) is 0 Å². The van der Waals surface area contributed by atoms with Crippen molar-refractivity contribution in [1.82, 2.24) is 0 Å². The number of aliphatic carboxylic acids is 1. The Morgan fingerprint density at radius 3 is 1.48 bits per heavy atom. The molecule has 0 aliphatic heterocycles. The maximum atomic E-state index is 9.86. The molecule has 0 radical (unpaired) electrons. The quantitative estimate of drug-likeness (QED) is 0.659. The minimum atomic E-state index is -1.20. The highest BCUT2D eigenvalue weighted by molar-refractivity contribution is 5.66. The Bertz CT molecular complexity index is 347. The van der Waals surface area contributed by atoms with Crippen LogP contribution in [-0.2, 0) is 9.53 Å². The van der Waals surface area contributed by atoms with Crippen LogP contribution in [0.4, 0.5) is 4.79 Å². The molecule has 0 aromatic heterocycles. The predicted molar refractivity (Wildman–Crippen MR) is 81.2 cm³/mol. The first kappa shape index (κ1) is 21.2. The number of ether oxygens (including phenoxy) is 1. The van der Waals surface area contributed by atoms with Crippen LogP contribution < -0.4 is 0 Å². The van der Waals surface area contributed by atoms with Crippen LogP contribution in [0.5, 0.6) is 0 Å². The molecule has 0 heterocycles. The van der Waals surface area contributed by atoms with Gasteiger partial charge < -0.3 is 19.4 Å². The van der Waals surface area contributed by atoms with Gasteiger partial charge in [0.15, 0.2) is 0 Å².